The number of nitrogens with zero attached hydrogens (tertiary/aromatic N) is 1. The van der Waals surface area contributed by atoms with Crippen molar-refractivity contribution in [2.24, 2.45) is 0 Å². The van der Waals surface area contributed by atoms with Crippen molar-refractivity contribution in [2.45, 2.75) is 6.92 Å². The van der Waals surface area contributed by atoms with Crippen molar-refractivity contribution in [3.8, 4) is 16.9 Å². The quantitative estimate of drug-likeness (QED) is 0.647. The summed E-state index contributed by atoms with van der Waals surface area (Å²) < 4.78 is 0.911. The van der Waals surface area contributed by atoms with Gasteiger partial charge in [-0.25, -0.2) is 4.98 Å². The molecule has 76 valence electrons. The van der Waals surface area contributed by atoms with E-state index in [1.807, 2.05) is 37.3 Å². The van der Waals surface area contributed by atoms with E-state index in [0.29, 0.717) is 5.75 Å². The van der Waals surface area contributed by atoms with Gasteiger partial charge in [0.05, 0.1) is 0 Å². The first-order valence-corrected chi connectivity index (χ1v) is 5.68. The lowest BCUT2D eigenvalue weighted by Crippen LogP contribution is -1.90. The van der Waals surface area contributed by atoms with Gasteiger partial charge in [-0.15, -0.1) is 0 Å². The average Bonchev–Trinajstić information content (AvgIpc) is 2.20. The van der Waals surface area contributed by atoms with E-state index in [0.717, 1.165) is 20.5 Å². The second-order valence-electron chi connectivity index (χ2n) is 3.31. The number of rotatable bonds is 1. The van der Waals surface area contributed by atoms with Gasteiger partial charge in [-0.1, -0.05) is 18.2 Å². The van der Waals surface area contributed by atoms with Gasteiger partial charge in [-0.3, -0.25) is 0 Å². The Bertz CT molecular complexity index is 497. The predicted molar refractivity (Wildman–Crippen MR) is 68.8 cm³/mol. The Balaban J connectivity index is 2.60. The van der Waals surface area contributed by atoms with Crippen LogP contribution in [-0.4, -0.2) is 10.1 Å². The fraction of sp³-hybridized carbons (Fsp3) is 0.0833. The lowest BCUT2D eigenvalue weighted by molar-refractivity contribution is 0.477. The first-order chi connectivity index (χ1) is 7.18. The maximum atomic E-state index is 9.73. The SMILES string of the molecule is Cc1ccc(-c2ccccc2O)c(I)n1. The molecule has 2 nitrogen and oxygen atoms in total. The number of halogens is 1. The van der Waals surface area contributed by atoms with Crippen LogP contribution in [0.3, 0.4) is 0 Å². The average molecular weight is 311 g/mol. The monoisotopic (exact) mass is 311 g/mol. The molecular formula is C12H10INO. The summed E-state index contributed by atoms with van der Waals surface area (Å²) in [7, 11) is 0. The number of pyridine rings is 1. The Morgan fingerprint density at radius 2 is 1.80 bits per heavy atom. The zero-order valence-corrected chi connectivity index (χ0v) is 10.4. The van der Waals surface area contributed by atoms with E-state index in [-0.39, 0.29) is 0 Å². The number of aromatic nitrogens is 1. The molecule has 2 rings (SSSR count). The standard InChI is InChI=1S/C12H10INO/c1-8-6-7-10(12(13)14-8)9-4-2-3-5-11(9)15/h2-7,15H,1H3. The number of hydrogen-bond acceptors (Lipinski definition) is 2. The Hall–Kier alpha value is -1.10. The molecule has 2 aromatic rings. The zero-order valence-electron chi connectivity index (χ0n) is 8.24. The van der Waals surface area contributed by atoms with Gasteiger partial charge in [-0.05, 0) is 47.7 Å². The number of aromatic hydroxyl groups is 1. The summed E-state index contributed by atoms with van der Waals surface area (Å²) in [6.07, 6.45) is 0. The highest BCUT2D eigenvalue weighted by molar-refractivity contribution is 14.1. The van der Waals surface area contributed by atoms with Crippen molar-refractivity contribution in [2.75, 3.05) is 0 Å². The van der Waals surface area contributed by atoms with Crippen molar-refractivity contribution in [1.82, 2.24) is 4.98 Å². The number of hydrogen-bond donors (Lipinski definition) is 1. The van der Waals surface area contributed by atoms with Gasteiger partial charge in [0.1, 0.15) is 9.45 Å². The molecule has 1 aromatic heterocycles. The highest BCUT2D eigenvalue weighted by Gasteiger charge is 2.07. The molecule has 0 aliphatic heterocycles. The molecule has 0 fully saturated rings. The van der Waals surface area contributed by atoms with E-state index >= 15 is 0 Å². The Morgan fingerprint density at radius 1 is 1.07 bits per heavy atom. The molecule has 0 spiro atoms. The summed E-state index contributed by atoms with van der Waals surface area (Å²) >= 11 is 2.18. The fourth-order valence-corrected chi connectivity index (χ4v) is 2.28. The van der Waals surface area contributed by atoms with Crippen molar-refractivity contribution in [3.05, 3.63) is 45.8 Å². The van der Waals surface area contributed by atoms with Crippen molar-refractivity contribution >= 4 is 22.6 Å². The number of phenolic OH excluding ortho intramolecular Hbond substituents is 1. The Morgan fingerprint density at radius 3 is 2.47 bits per heavy atom. The van der Waals surface area contributed by atoms with Gasteiger partial charge in [0.15, 0.2) is 0 Å². The normalized spacial score (nSPS) is 10.3. The van der Waals surface area contributed by atoms with Gasteiger partial charge >= 0.3 is 0 Å². The number of aryl methyl sites for hydroxylation is 1. The largest absolute Gasteiger partial charge is 0.507 e. The zero-order chi connectivity index (χ0) is 10.8. The number of benzene rings is 1. The highest BCUT2D eigenvalue weighted by atomic mass is 127. The van der Waals surface area contributed by atoms with Gasteiger partial charge in [0, 0.05) is 16.8 Å². The number of para-hydroxylation sites is 1. The van der Waals surface area contributed by atoms with Crippen LogP contribution in [-0.2, 0) is 0 Å². The van der Waals surface area contributed by atoms with E-state index in [4.69, 9.17) is 0 Å². The van der Waals surface area contributed by atoms with Crippen LogP contribution in [0.4, 0.5) is 0 Å². The molecule has 3 heteroatoms. The third-order valence-electron chi connectivity index (χ3n) is 2.18. The van der Waals surface area contributed by atoms with E-state index in [1.165, 1.54) is 0 Å². The summed E-state index contributed by atoms with van der Waals surface area (Å²) in [5.41, 5.74) is 2.78. The van der Waals surface area contributed by atoms with Crippen LogP contribution < -0.4 is 0 Å². The van der Waals surface area contributed by atoms with Crippen LogP contribution in [0.15, 0.2) is 36.4 Å². The lowest BCUT2D eigenvalue weighted by Gasteiger charge is -2.06. The molecule has 1 N–H and O–H groups in total. The van der Waals surface area contributed by atoms with Gasteiger partial charge in [-0.2, -0.15) is 0 Å². The first kappa shape index (κ1) is 10.4. The summed E-state index contributed by atoms with van der Waals surface area (Å²) in [4.78, 5) is 4.37. The minimum Gasteiger partial charge on any atom is -0.507 e. The minimum atomic E-state index is 0.293. The molecule has 0 radical (unpaired) electrons. The molecule has 1 heterocycles. The molecule has 1 aromatic carbocycles. The molecule has 15 heavy (non-hydrogen) atoms. The molecule has 0 atom stereocenters. The fourth-order valence-electron chi connectivity index (χ4n) is 1.43. The minimum absolute atomic E-state index is 0.293. The maximum absolute atomic E-state index is 9.73. The van der Waals surface area contributed by atoms with Crippen molar-refractivity contribution in [1.29, 1.82) is 0 Å². The van der Waals surface area contributed by atoms with Crippen LogP contribution in [0.2, 0.25) is 0 Å². The maximum Gasteiger partial charge on any atom is 0.123 e. The molecule has 0 unspecified atom stereocenters. The highest BCUT2D eigenvalue weighted by Crippen LogP contribution is 2.31. The molecular weight excluding hydrogens is 301 g/mol. The lowest BCUT2D eigenvalue weighted by atomic mass is 10.1. The summed E-state index contributed by atoms with van der Waals surface area (Å²) in [5, 5.41) is 9.73. The van der Waals surface area contributed by atoms with Crippen molar-refractivity contribution in [3.63, 3.8) is 0 Å². The van der Waals surface area contributed by atoms with Gasteiger partial charge in [0.25, 0.3) is 0 Å². The molecule has 0 aliphatic rings. The summed E-state index contributed by atoms with van der Waals surface area (Å²) in [6, 6.07) is 11.2. The predicted octanol–water partition coefficient (Wildman–Crippen LogP) is 3.37. The third kappa shape index (κ3) is 2.12. The van der Waals surface area contributed by atoms with E-state index in [1.54, 1.807) is 6.07 Å². The van der Waals surface area contributed by atoms with Crippen LogP contribution in [0, 0.1) is 10.6 Å². The summed E-state index contributed by atoms with van der Waals surface area (Å²) in [5.74, 6) is 0.293. The Kier molecular flexibility index (Phi) is 2.90. The molecule has 0 amide bonds. The molecule has 0 saturated carbocycles. The van der Waals surface area contributed by atoms with Crippen LogP contribution in [0.1, 0.15) is 5.69 Å². The second kappa shape index (κ2) is 4.18. The third-order valence-corrected chi connectivity index (χ3v) is 3.00. The Labute approximate surface area is 102 Å². The second-order valence-corrected chi connectivity index (χ2v) is 4.33. The molecule has 0 aliphatic carbocycles. The van der Waals surface area contributed by atoms with Crippen LogP contribution >= 0.6 is 22.6 Å². The smallest absolute Gasteiger partial charge is 0.123 e. The topological polar surface area (TPSA) is 33.1 Å². The van der Waals surface area contributed by atoms with Crippen molar-refractivity contribution < 1.29 is 5.11 Å². The molecule has 0 saturated heterocycles. The van der Waals surface area contributed by atoms with Crippen LogP contribution in [0.5, 0.6) is 5.75 Å². The first-order valence-electron chi connectivity index (χ1n) is 4.60. The molecule has 0 bridgehead atoms. The van der Waals surface area contributed by atoms with E-state index < -0.39 is 0 Å². The van der Waals surface area contributed by atoms with E-state index in [2.05, 4.69) is 27.6 Å². The van der Waals surface area contributed by atoms with E-state index in [9.17, 15) is 5.11 Å². The van der Waals surface area contributed by atoms with Gasteiger partial charge in [0.2, 0.25) is 0 Å². The van der Waals surface area contributed by atoms with Gasteiger partial charge < -0.3 is 5.11 Å². The van der Waals surface area contributed by atoms with Crippen LogP contribution in [0.25, 0.3) is 11.1 Å². The number of phenols is 1. The summed E-state index contributed by atoms with van der Waals surface area (Å²) in [6.45, 7) is 1.96.